The van der Waals surface area contributed by atoms with Gasteiger partial charge in [-0.15, -0.1) is 0 Å². The standard InChI is InChI=1S/C28H30N2O6/c1-3-35-21-9-5-19(6-10-21)29-16-18(15-25(29)31)28(34)36-22-11-7-20(8-12-22)30-26(32)23-13-4-17(2)14-24(23)27(30)33/h5-12,17-18,23-24H,3-4,13-16H2,1-2H3/t17-,18+,23-,24-/m0/s1. The highest BCUT2D eigenvalue weighted by Gasteiger charge is 2.50. The van der Waals surface area contributed by atoms with Gasteiger partial charge in [-0.05, 0) is 80.6 Å². The van der Waals surface area contributed by atoms with E-state index in [1.807, 2.05) is 6.92 Å². The summed E-state index contributed by atoms with van der Waals surface area (Å²) >= 11 is 0. The lowest BCUT2D eigenvalue weighted by Gasteiger charge is -2.25. The highest BCUT2D eigenvalue weighted by atomic mass is 16.5. The molecule has 188 valence electrons. The molecule has 36 heavy (non-hydrogen) atoms. The lowest BCUT2D eigenvalue weighted by Crippen LogP contribution is -2.30. The number of nitrogens with zero attached hydrogens (tertiary/aromatic N) is 2. The van der Waals surface area contributed by atoms with Crippen molar-refractivity contribution in [2.75, 3.05) is 23.0 Å². The predicted octanol–water partition coefficient (Wildman–Crippen LogP) is 3.97. The summed E-state index contributed by atoms with van der Waals surface area (Å²) in [7, 11) is 0. The van der Waals surface area contributed by atoms with Gasteiger partial charge in [-0.2, -0.15) is 0 Å². The second kappa shape index (κ2) is 9.76. The van der Waals surface area contributed by atoms with Crippen molar-refractivity contribution in [2.24, 2.45) is 23.7 Å². The summed E-state index contributed by atoms with van der Waals surface area (Å²) in [6.45, 7) is 4.82. The number of amides is 3. The van der Waals surface area contributed by atoms with Gasteiger partial charge in [0.05, 0.1) is 30.0 Å². The van der Waals surface area contributed by atoms with Crippen LogP contribution in [0.25, 0.3) is 0 Å². The monoisotopic (exact) mass is 490 g/mol. The Hall–Kier alpha value is -3.68. The Morgan fingerprint density at radius 1 is 0.889 bits per heavy atom. The maximum Gasteiger partial charge on any atom is 0.316 e. The number of hydrogen-bond donors (Lipinski definition) is 0. The van der Waals surface area contributed by atoms with Crippen molar-refractivity contribution in [3.8, 4) is 11.5 Å². The van der Waals surface area contributed by atoms with E-state index in [9.17, 15) is 19.2 Å². The Kier molecular flexibility index (Phi) is 6.51. The summed E-state index contributed by atoms with van der Waals surface area (Å²) in [5.41, 5.74) is 1.20. The van der Waals surface area contributed by atoms with E-state index < -0.39 is 11.9 Å². The fraction of sp³-hybridized carbons (Fsp3) is 0.429. The van der Waals surface area contributed by atoms with Gasteiger partial charge in [0, 0.05) is 18.7 Å². The summed E-state index contributed by atoms with van der Waals surface area (Å²) < 4.78 is 11.0. The maximum atomic E-state index is 12.9. The van der Waals surface area contributed by atoms with E-state index in [0.29, 0.717) is 29.6 Å². The Labute approximate surface area is 210 Å². The van der Waals surface area contributed by atoms with Crippen molar-refractivity contribution in [1.82, 2.24) is 0 Å². The third-order valence-electron chi connectivity index (χ3n) is 7.42. The molecule has 0 spiro atoms. The minimum Gasteiger partial charge on any atom is -0.494 e. The van der Waals surface area contributed by atoms with Gasteiger partial charge in [0.15, 0.2) is 0 Å². The van der Waals surface area contributed by atoms with Crippen molar-refractivity contribution in [3.63, 3.8) is 0 Å². The number of benzene rings is 2. The summed E-state index contributed by atoms with van der Waals surface area (Å²) in [5, 5.41) is 0. The number of fused-ring (bicyclic) bond motifs is 1. The average Bonchev–Trinajstić information content (AvgIpc) is 3.37. The van der Waals surface area contributed by atoms with Crippen LogP contribution >= 0.6 is 0 Å². The number of imide groups is 1. The third kappa shape index (κ3) is 4.47. The van der Waals surface area contributed by atoms with Gasteiger partial charge in [0.25, 0.3) is 0 Å². The number of carbonyl (C=O) groups excluding carboxylic acids is 4. The molecule has 3 aliphatic rings. The molecule has 8 nitrogen and oxygen atoms in total. The largest absolute Gasteiger partial charge is 0.494 e. The van der Waals surface area contributed by atoms with Gasteiger partial charge in [-0.25, -0.2) is 0 Å². The van der Waals surface area contributed by atoms with Gasteiger partial charge >= 0.3 is 5.97 Å². The van der Waals surface area contributed by atoms with Crippen molar-refractivity contribution >= 4 is 35.1 Å². The fourth-order valence-electron chi connectivity index (χ4n) is 5.51. The van der Waals surface area contributed by atoms with E-state index in [1.165, 1.54) is 4.90 Å². The first kappa shape index (κ1) is 24.0. The molecule has 0 bridgehead atoms. The summed E-state index contributed by atoms with van der Waals surface area (Å²) in [5.74, 6) is -0.495. The third-order valence-corrected chi connectivity index (χ3v) is 7.42. The molecular weight excluding hydrogens is 460 g/mol. The van der Waals surface area contributed by atoms with Crippen molar-refractivity contribution in [3.05, 3.63) is 48.5 Å². The zero-order chi connectivity index (χ0) is 25.4. The van der Waals surface area contributed by atoms with Gasteiger partial charge in [-0.1, -0.05) is 6.92 Å². The van der Waals surface area contributed by atoms with E-state index in [-0.39, 0.29) is 42.5 Å². The van der Waals surface area contributed by atoms with Crippen molar-refractivity contribution in [1.29, 1.82) is 0 Å². The number of esters is 1. The second-order valence-electron chi connectivity index (χ2n) is 9.89. The number of carbonyl (C=O) groups is 4. The average molecular weight is 491 g/mol. The topological polar surface area (TPSA) is 93.2 Å². The molecule has 0 unspecified atom stereocenters. The first-order valence-electron chi connectivity index (χ1n) is 12.6. The minimum atomic E-state index is -0.587. The van der Waals surface area contributed by atoms with Crippen LogP contribution in [0, 0.1) is 23.7 Å². The van der Waals surface area contributed by atoms with Crippen LogP contribution in [0.4, 0.5) is 11.4 Å². The first-order chi connectivity index (χ1) is 17.4. The molecule has 2 aliphatic heterocycles. The molecule has 3 amide bonds. The van der Waals surface area contributed by atoms with E-state index in [4.69, 9.17) is 9.47 Å². The quantitative estimate of drug-likeness (QED) is 0.346. The van der Waals surface area contributed by atoms with Crippen molar-refractivity contribution in [2.45, 2.75) is 39.5 Å². The molecule has 0 aromatic heterocycles. The Morgan fingerprint density at radius 2 is 1.53 bits per heavy atom. The molecule has 2 aromatic carbocycles. The molecular formula is C28H30N2O6. The van der Waals surface area contributed by atoms with Crippen LogP contribution in [-0.4, -0.2) is 36.8 Å². The molecule has 2 aromatic rings. The summed E-state index contributed by atoms with van der Waals surface area (Å²) in [6.07, 6.45) is 2.52. The van der Waals surface area contributed by atoms with E-state index in [1.54, 1.807) is 53.4 Å². The molecule has 0 radical (unpaired) electrons. The van der Waals surface area contributed by atoms with Crippen LogP contribution in [0.3, 0.4) is 0 Å². The zero-order valence-electron chi connectivity index (χ0n) is 20.5. The van der Waals surface area contributed by atoms with Gasteiger partial charge in [0.2, 0.25) is 17.7 Å². The SMILES string of the molecule is CCOc1ccc(N2C[C@H](C(=O)Oc3ccc(N4C(=O)[C@H]5CC[C@H](C)C[C@@H]5C4=O)cc3)CC2=O)cc1. The molecule has 4 atom stereocenters. The number of ether oxygens (including phenoxy) is 2. The van der Waals surface area contributed by atoms with E-state index in [0.717, 1.165) is 25.0 Å². The molecule has 2 heterocycles. The minimum absolute atomic E-state index is 0.0715. The zero-order valence-corrected chi connectivity index (χ0v) is 20.5. The van der Waals surface area contributed by atoms with Crippen LogP contribution in [0.1, 0.15) is 39.5 Å². The Balaban J connectivity index is 1.21. The highest BCUT2D eigenvalue weighted by molar-refractivity contribution is 6.22. The number of hydrogen-bond acceptors (Lipinski definition) is 6. The molecule has 5 rings (SSSR count). The Bertz CT molecular complexity index is 1180. The van der Waals surface area contributed by atoms with Crippen LogP contribution in [0.2, 0.25) is 0 Å². The molecule has 2 saturated heterocycles. The second-order valence-corrected chi connectivity index (χ2v) is 9.89. The van der Waals surface area contributed by atoms with Crippen LogP contribution in [0.5, 0.6) is 11.5 Å². The first-order valence-corrected chi connectivity index (χ1v) is 12.6. The van der Waals surface area contributed by atoms with Gasteiger partial charge in [-0.3, -0.25) is 24.1 Å². The molecule has 8 heteroatoms. The Morgan fingerprint density at radius 3 is 2.22 bits per heavy atom. The van der Waals surface area contributed by atoms with E-state index in [2.05, 4.69) is 6.92 Å². The molecule has 3 fully saturated rings. The number of rotatable bonds is 6. The lowest BCUT2D eigenvalue weighted by atomic mass is 9.76. The summed E-state index contributed by atoms with van der Waals surface area (Å²) in [6, 6.07) is 13.6. The predicted molar refractivity (Wildman–Crippen MR) is 133 cm³/mol. The fourth-order valence-corrected chi connectivity index (χ4v) is 5.51. The smallest absolute Gasteiger partial charge is 0.316 e. The van der Waals surface area contributed by atoms with Crippen LogP contribution in [-0.2, 0) is 19.2 Å². The highest BCUT2D eigenvalue weighted by Crippen LogP contribution is 2.42. The normalized spacial score (nSPS) is 25.8. The van der Waals surface area contributed by atoms with Gasteiger partial charge < -0.3 is 14.4 Å². The molecule has 1 aliphatic carbocycles. The maximum absolute atomic E-state index is 12.9. The van der Waals surface area contributed by atoms with Gasteiger partial charge in [0.1, 0.15) is 11.5 Å². The molecule has 0 N–H and O–H groups in total. The van der Waals surface area contributed by atoms with Crippen LogP contribution in [0.15, 0.2) is 48.5 Å². The lowest BCUT2D eigenvalue weighted by molar-refractivity contribution is -0.139. The van der Waals surface area contributed by atoms with Crippen LogP contribution < -0.4 is 19.3 Å². The van der Waals surface area contributed by atoms with Crippen molar-refractivity contribution < 1.29 is 28.7 Å². The molecule has 1 saturated carbocycles. The number of anilines is 2. The summed E-state index contributed by atoms with van der Waals surface area (Å²) in [4.78, 5) is 54.0. The van der Waals surface area contributed by atoms with E-state index >= 15 is 0 Å².